The van der Waals surface area contributed by atoms with Gasteiger partial charge in [-0.3, -0.25) is 9.59 Å². The van der Waals surface area contributed by atoms with Gasteiger partial charge in [0.15, 0.2) is 17.3 Å². The van der Waals surface area contributed by atoms with Crippen molar-refractivity contribution in [1.29, 1.82) is 0 Å². The van der Waals surface area contributed by atoms with Gasteiger partial charge in [0, 0.05) is 24.9 Å². The molecule has 0 saturated carbocycles. The number of likely N-dealkylation sites (tertiary alicyclic amines) is 1. The van der Waals surface area contributed by atoms with Gasteiger partial charge in [-0.25, -0.2) is 0 Å². The minimum absolute atomic E-state index is 0.0745. The summed E-state index contributed by atoms with van der Waals surface area (Å²) in [5.41, 5.74) is 1.38. The molecule has 2 atom stereocenters. The van der Waals surface area contributed by atoms with Crippen LogP contribution < -0.4 is 19.5 Å². The second-order valence-electron chi connectivity index (χ2n) is 10.1. The topological polar surface area (TPSA) is 97.3 Å². The Morgan fingerprint density at radius 2 is 1.68 bits per heavy atom. The van der Waals surface area contributed by atoms with Crippen LogP contribution >= 0.6 is 0 Å². The maximum absolute atomic E-state index is 12.8. The Morgan fingerprint density at radius 3 is 2.42 bits per heavy atom. The number of amides is 1. The predicted octanol–water partition coefficient (Wildman–Crippen LogP) is 4.30. The number of benzene rings is 2. The molecule has 2 unspecified atom stereocenters. The molecule has 206 valence electrons. The number of carbonyl (C=O) groups is 2. The molecule has 0 bridgehead atoms. The number of unbranched alkanes of at least 4 members (excludes halogenated alkanes) is 2. The molecule has 38 heavy (non-hydrogen) atoms. The van der Waals surface area contributed by atoms with E-state index in [2.05, 4.69) is 10.2 Å². The molecular formula is C30H40N2O6. The van der Waals surface area contributed by atoms with Gasteiger partial charge in [0.1, 0.15) is 19.0 Å². The molecule has 2 heterocycles. The lowest BCUT2D eigenvalue weighted by Crippen LogP contribution is -2.41. The average molecular weight is 525 g/mol. The molecule has 0 radical (unpaired) electrons. The SMILES string of the molecule is COc1ccc(C(=O)CCCCCC(=O)NC(CCN2CCCC2)C(O)c2ccc3c(c2)OCCO3)cc1. The lowest BCUT2D eigenvalue weighted by molar-refractivity contribution is -0.122. The summed E-state index contributed by atoms with van der Waals surface area (Å²) in [4.78, 5) is 27.6. The first-order valence-electron chi connectivity index (χ1n) is 13.8. The highest BCUT2D eigenvalue weighted by atomic mass is 16.6. The first-order chi connectivity index (χ1) is 18.5. The number of aliphatic hydroxyl groups excluding tert-OH is 1. The molecule has 1 amide bonds. The van der Waals surface area contributed by atoms with Crippen LogP contribution in [0.25, 0.3) is 0 Å². The highest BCUT2D eigenvalue weighted by molar-refractivity contribution is 5.96. The van der Waals surface area contributed by atoms with Crippen LogP contribution in [0.4, 0.5) is 0 Å². The third-order valence-corrected chi connectivity index (χ3v) is 7.31. The number of Topliss-reactive ketones (excluding diaryl/α,β-unsaturated/α-hetero) is 1. The summed E-state index contributed by atoms with van der Waals surface area (Å²) in [6.07, 6.45) is 5.25. The first kappa shape index (κ1) is 27.9. The fourth-order valence-corrected chi connectivity index (χ4v) is 5.06. The van der Waals surface area contributed by atoms with Crippen LogP contribution in [0.1, 0.15) is 73.4 Å². The molecule has 2 aliphatic heterocycles. The molecule has 2 N–H and O–H groups in total. The lowest BCUT2D eigenvalue weighted by Gasteiger charge is -2.28. The predicted molar refractivity (Wildman–Crippen MR) is 145 cm³/mol. The van der Waals surface area contributed by atoms with E-state index in [1.54, 1.807) is 31.4 Å². The molecule has 2 aromatic rings. The minimum atomic E-state index is -0.848. The summed E-state index contributed by atoms with van der Waals surface area (Å²) < 4.78 is 16.4. The number of hydrogen-bond acceptors (Lipinski definition) is 7. The molecule has 4 rings (SSSR count). The number of nitrogens with one attached hydrogen (secondary N) is 1. The minimum Gasteiger partial charge on any atom is -0.497 e. The van der Waals surface area contributed by atoms with Crippen molar-refractivity contribution >= 4 is 11.7 Å². The van der Waals surface area contributed by atoms with Crippen molar-refractivity contribution in [2.75, 3.05) is 40.0 Å². The number of rotatable bonds is 14. The number of methoxy groups -OCH3 is 1. The number of ether oxygens (including phenoxy) is 3. The van der Waals surface area contributed by atoms with E-state index < -0.39 is 12.1 Å². The zero-order chi connectivity index (χ0) is 26.7. The molecule has 1 saturated heterocycles. The lowest BCUT2D eigenvalue weighted by atomic mass is 9.98. The van der Waals surface area contributed by atoms with Crippen molar-refractivity contribution in [2.45, 2.75) is 63.5 Å². The highest BCUT2D eigenvalue weighted by Crippen LogP contribution is 2.34. The van der Waals surface area contributed by atoms with Crippen molar-refractivity contribution in [3.63, 3.8) is 0 Å². The van der Waals surface area contributed by atoms with Crippen molar-refractivity contribution in [2.24, 2.45) is 0 Å². The summed E-state index contributed by atoms with van der Waals surface area (Å²) in [5, 5.41) is 14.3. The summed E-state index contributed by atoms with van der Waals surface area (Å²) in [7, 11) is 1.60. The number of ketones is 1. The Balaban J connectivity index is 1.25. The van der Waals surface area contributed by atoms with E-state index in [9.17, 15) is 14.7 Å². The number of fused-ring (bicyclic) bond motifs is 1. The zero-order valence-electron chi connectivity index (χ0n) is 22.3. The van der Waals surface area contributed by atoms with Gasteiger partial charge in [-0.1, -0.05) is 12.5 Å². The Morgan fingerprint density at radius 1 is 0.974 bits per heavy atom. The molecule has 8 heteroatoms. The van der Waals surface area contributed by atoms with Gasteiger partial charge < -0.3 is 29.5 Å². The zero-order valence-corrected chi connectivity index (χ0v) is 22.3. The van der Waals surface area contributed by atoms with E-state index in [0.717, 1.165) is 38.2 Å². The van der Waals surface area contributed by atoms with Gasteiger partial charge in [-0.15, -0.1) is 0 Å². The summed E-state index contributed by atoms with van der Waals surface area (Å²) in [6.45, 7) is 3.96. The molecule has 0 aromatic heterocycles. The number of hydrogen-bond donors (Lipinski definition) is 2. The monoisotopic (exact) mass is 524 g/mol. The normalized spacial score (nSPS) is 16.6. The first-order valence-corrected chi connectivity index (χ1v) is 13.8. The fourth-order valence-electron chi connectivity index (χ4n) is 5.06. The summed E-state index contributed by atoms with van der Waals surface area (Å²) in [6, 6.07) is 12.2. The van der Waals surface area contributed by atoms with E-state index in [0.29, 0.717) is 61.5 Å². The van der Waals surface area contributed by atoms with E-state index in [4.69, 9.17) is 14.2 Å². The van der Waals surface area contributed by atoms with Crippen LogP contribution in [0.3, 0.4) is 0 Å². The van der Waals surface area contributed by atoms with Crippen LogP contribution in [0, 0.1) is 0 Å². The van der Waals surface area contributed by atoms with Gasteiger partial charge >= 0.3 is 0 Å². The van der Waals surface area contributed by atoms with Gasteiger partial charge in [0.25, 0.3) is 0 Å². The van der Waals surface area contributed by atoms with Crippen LogP contribution in [-0.4, -0.2) is 67.7 Å². The molecule has 2 aliphatic rings. The fraction of sp³-hybridized carbons (Fsp3) is 0.533. The largest absolute Gasteiger partial charge is 0.497 e. The molecule has 0 spiro atoms. The van der Waals surface area contributed by atoms with Gasteiger partial charge in [-0.05, 0) is 87.2 Å². The van der Waals surface area contributed by atoms with Crippen molar-refractivity contribution in [1.82, 2.24) is 10.2 Å². The van der Waals surface area contributed by atoms with E-state index in [1.807, 2.05) is 18.2 Å². The van der Waals surface area contributed by atoms with E-state index in [1.165, 1.54) is 12.8 Å². The van der Waals surface area contributed by atoms with E-state index in [-0.39, 0.29) is 11.7 Å². The molecular weight excluding hydrogens is 484 g/mol. The van der Waals surface area contributed by atoms with Crippen molar-refractivity contribution in [3.8, 4) is 17.2 Å². The van der Waals surface area contributed by atoms with Crippen LogP contribution in [-0.2, 0) is 4.79 Å². The van der Waals surface area contributed by atoms with E-state index >= 15 is 0 Å². The molecule has 1 fully saturated rings. The third kappa shape index (κ3) is 7.95. The number of aliphatic hydroxyl groups is 1. The summed E-state index contributed by atoms with van der Waals surface area (Å²) in [5.74, 6) is 2.05. The molecule has 0 aliphatic carbocycles. The van der Waals surface area contributed by atoms with Crippen LogP contribution in [0.5, 0.6) is 17.2 Å². The standard InChI is InChI=1S/C30H40N2O6/c1-36-24-12-9-22(10-13-24)26(33)7-3-2-4-8-29(34)31-25(15-18-32-16-5-6-17-32)30(35)23-11-14-27-28(21-23)38-20-19-37-27/h9-14,21,25,30,35H,2-8,15-20H2,1H3,(H,31,34). The third-order valence-electron chi connectivity index (χ3n) is 7.31. The molecule has 2 aromatic carbocycles. The Labute approximate surface area is 225 Å². The average Bonchev–Trinajstić information content (AvgIpc) is 3.48. The molecule has 8 nitrogen and oxygen atoms in total. The second kappa shape index (κ2) is 14.2. The maximum atomic E-state index is 12.8. The second-order valence-corrected chi connectivity index (χ2v) is 10.1. The highest BCUT2D eigenvalue weighted by Gasteiger charge is 2.26. The smallest absolute Gasteiger partial charge is 0.220 e. The van der Waals surface area contributed by atoms with Crippen LogP contribution in [0.2, 0.25) is 0 Å². The maximum Gasteiger partial charge on any atom is 0.220 e. The van der Waals surface area contributed by atoms with Gasteiger partial charge in [0.05, 0.1) is 19.3 Å². The van der Waals surface area contributed by atoms with Gasteiger partial charge in [0.2, 0.25) is 5.91 Å². The van der Waals surface area contributed by atoms with Crippen LogP contribution in [0.15, 0.2) is 42.5 Å². The van der Waals surface area contributed by atoms with Crippen molar-refractivity contribution < 1.29 is 28.9 Å². The Hall–Kier alpha value is -3.10. The number of carbonyl (C=O) groups excluding carboxylic acids is 2. The quantitative estimate of drug-likeness (QED) is 0.281. The Bertz CT molecular complexity index is 1050. The van der Waals surface area contributed by atoms with Gasteiger partial charge in [-0.2, -0.15) is 0 Å². The Kier molecular flexibility index (Phi) is 10.4. The summed E-state index contributed by atoms with van der Waals surface area (Å²) >= 11 is 0. The van der Waals surface area contributed by atoms with Crippen molar-refractivity contribution in [3.05, 3.63) is 53.6 Å². The number of nitrogens with zero attached hydrogens (tertiary/aromatic N) is 1.